The molecular weight excluding hydrogens is 279 g/mol. The van der Waals surface area contributed by atoms with Crippen molar-refractivity contribution in [1.82, 2.24) is 0 Å². The Balaban J connectivity index is 2.05. The molecule has 0 aliphatic carbocycles. The maximum atomic E-state index is 13.2. The van der Waals surface area contributed by atoms with Gasteiger partial charge < -0.3 is 9.47 Å². The highest BCUT2D eigenvalue weighted by molar-refractivity contribution is 9.10. The summed E-state index contributed by atoms with van der Waals surface area (Å²) < 4.78 is 23.7. The van der Waals surface area contributed by atoms with Gasteiger partial charge in [0.2, 0.25) is 0 Å². The van der Waals surface area contributed by atoms with Gasteiger partial charge in [0.1, 0.15) is 11.9 Å². The van der Waals surface area contributed by atoms with Gasteiger partial charge in [0.15, 0.2) is 0 Å². The summed E-state index contributed by atoms with van der Waals surface area (Å²) in [4.78, 5) is 11.6. The Kier molecular flexibility index (Phi) is 3.56. The summed E-state index contributed by atoms with van der Waals surface area (Å²) in [6.07, 6.45) is 0.490. The average Bonchev–Trinajstić information content (AvgIpc) is 2.74. The van der Waals surface area contributed by atoms with E-state index in [0.29, 0.717) is 24.1 Å². The minimum atomic E-state index is -0.512. The summed E-state index contributed by atoms with van der Waals surface area (Å²) in [6, 6.07) is 4.16. The Bertz CT molecular complexity index is 402. The van der Waals surface area contributed by atoms with E-state index in [9.17, 15) is 9.18 Å². The Hall–Kier alpha value is -0.940. The largest absolute Gasteiger partial charge is 0.456 e. The number of ether oxygens (including phenoxy) is 2. The first-order valence-corrected chi connectivity index (χ1v) is 5.70. The van der Waals surface area contributed by atoms with Gasteiger partial charge in [-0.1, -0.05) is 0 Å². The van der Waals surface area contributed by atoms with Crippen LogP contribution in [0.2, 0.25) is 0 Å². The monoisotopic (exact) mass is 288 g/mol. The fraction of sp³-hybridized carbons (Fsp3) is 0.364. The maximum absolute atomic E-state index is 13.2. The van der Waals surface area contributed by atoms with Crippen molar-refractivity contribution in [2.75, 3.05) is 13.2 Å². The zero-order chi connectivity index (χ0) is 11.5. The van der Waals surface area contributed by atoms with Gasteiger partial charge in [-0.3, -0.25) is 0 Å². The van der Waals surface area contributed by atoms with E-state index in [-0.39, 0.29) is 11.7 Å². The van der Waals surface area contributed by atoms with E-state index in [0.717, 1.165) is 6.07 Å². The molecule has 0 saturated carbocycles. The topological polar surface area (TPSA) is 35.5 Å². The highest BCUT2D eigenvalue weighted by Crippen LogP contribution is 2.18. The van der Waals surface area contributed by atoms with Gasteiger partial charge in [0.25, 0.3) is 0 Å². The van der Waals surface area contributed by atoms with Gasteiger partial charge in [0, 0.05) is 6.42 Å². The van der Waals surface area contributed by atoms with E-state index in [2.05, 4.69) is 15.9 Å². The molecule has 16 heavy (non-hydrogen) atoms. The number of rotatable bonds is 2. The minimum absolute atomic E-state index is 0.209. The lowest BCUT2D eigenvalue weighted by Crippen LogP contribution is -2.18. The molecule has 0 radical (unpaired) electrons. The van der Waals surface area contributed by atoms with E-state index >= 15 is 0 Å². The van der Waals surface area contributed by atoms with Gasteiger partial charge >= 0.3 is 5.97 Å². The van der Waals surface area contributed by atoms with Gasteiger partial charge in [0.05, 0.1) is 23.2 Å². The summed E-state index contributed by atoms with van der Waals surface area (Å²) in [5.41, 5.74) is 0.215. The molecule has 0 amide bonds. The first-order valence-electron chi connectivity index (χ1n) is 4.90. The molecule has 3 nitrogen and oxygen atoms in total. The number of halogens is 2. The van der Waals surface area contributed by atoms with Crippen LogP contribution < -0.4 is 0 Å². The van der Waals surface area contributed by atoms with Crippen LogP contribution >= 0.6 is 15.9 Å². The predicted molar refractivity (Wildman–Crippen MR) is 58.7 cm³/mol. The number of carbonyl (C=O) groups is 1. The standard InChI is InChI=1S/C11H10BrFO3/c12-9-2-1-7(5-10(9)13)11(14)16-8-3-4-15-6-8/h1-2,5,8H,3-4,6H2. The number of esters is 1. The SMILES string of the molecule is O=C(OC1CCOC1)c1ccc(Br)c(F)c1. The summed E-state index contributed by atoms with van der Waals surface area (Å²) in [7, 11) is 0. The molecule has 5 heteroatoms. The van der Waals surface area contributed by atoms with Crippen molar-refractivity contribution < 1.29 is 18.7 Å². The second-order valence-corrected chi connectivity index (χ2v) is 4.37. The first kappa shape index (κ1) is 11.5. The van der Waals surface area contributed by atoms with Crippen molar-refractivity contribution >= 4 is 21.9 Å². The highest BCUT2D eigenvalue weighted by atomic mass is 79.9. The number of benzene rings is 1. The molecule has 1 unspecified atom stereocenters. The van der Waals surface area contributed by atoms with Crippen LogP contribution in [0.15, 0.2) is 22.7 Å². The van der Waals surface area contributed by atoms with Crippen LogP contribution in [-0.4, -0.2) is 25.3 Å². The van der Waals surface area contributed by atoms with Crippen molar-refractivity contribution in [3.63, 3.8) is 0 Å². The van der Waals surface area contributed by atoms with Crippen LogP contribution in [0.5, 0.6) is 0 Å². The lowest BCUT2D eigenvalue weighted by molar-refractivity contribution is 0.0270. The maximum Gasteiger partial charge on any atom is 0.338 e. The molecular formula is C11H10BrFO3. The molecule has 0 spiro atoms. The van der Waals surface area contributed by atoms with Gasteiger partial charge in [-0.2, -0.15) is 0 Å². The van der Waals surface area contributed by atoms with Gasteiger partial charge in [-0.15, -0.1) is 0 Å². The van der Waals surface area contributed by atoms with Crippen LogP contribution in [-0.2, 0) is 9.47 Å². The molecule has 0 aromatic heterocycles. The first-order chi connectivity index (χ1) is 7.66. The summed E-state index contributed by atoms with van der Waals surface area (Å²) in [5.74, 6) is -0.987. The van der Waals surface area contributed by atoms with Crippen molar-refractivity contribution in [2.24, 2.45) is 0 Å². The van der Waals surface area contributed by atoms with Crippen molar-refractivity contribution in [3.8, 4) is 0 Å². The average molecular weight is 289 g/mol. The van der Waals surface area contributed by atoms with Crippen molar-refractivity contribution in [2.45, 2.75) is 12.5 Å². The fourth-order valence-electron chi connectivity index (χ4n) is 1.45. The number of hydrogen-bond donors (Lipinski definition) is 0. The Morgan fingerprint density at radius 2 is 2.38 bits per heavy atom. The zero-order valence-corrected chi connectivity index (χ0v) is 10.00. The summed E-state index contributed by atoms with van der Waals surface area (Å²) >= 11 is 3.02. The molecule has 1 atom stereocenters. The molecule has 1 fully saturated rings. The lowest BCUT2D eigenvalue weighted by Gasteiger charge is -2.10. The molecule has 0 N–H and O–H groups in total. The molecule has 86 valence electrons. The highest BCUT2D eigenvalue weighted by Gasteiger charge is 2.21. The molecule has 2 rings (SSSR count). The van der Waals surface area contributed by atoms with E-state index in [1.807, 2.05) is 0 Å². The molecule has 1 aromatic carbocycles. The molecule has 1 saturated heterocycles. The number of hydrogen-bond acceptors (Lipinski definition) is 3. The summed E-state index contributed by atoms with van der Waals surface area (Å²) in [6.45, 7) is 1.03. The third kappa shape index (κ3) is 2.59. The van der Waals surface area contributed by atoms with Crippen LogP contribution in [0, 0.1) is 5.82 Å². The third-order valence-corrected chi connectivity index (χ3v) is 2.96. The van der Waals surface area contributed by atoms with Crippen molar-refractivity contribution in [3.05, 3.63) is 34.1 Å². The summed E-state index contributed by atoms with van der Waals surface area (Å²) in [5, 5.41) is 0. The third-order valence-electron chi connectivity index (χ3n) is 2.32. The molecule has 1 aliphatic rings. The van der Waals surface area contributed by atoms with Crippen LogP contribution in [0.4, 0.5) is 4.39 Å². The van der Waals surface area contributed by atoms with Gasteiger partial charge in [-0.25, -0.2) is 9.18 Å². The lowest BCUT2D eigenvalue weighted by atomic mass is 10.2. The van der Waals surface area contributed by atoms with Crippen molar-refractivity contribution in [1.29, 1.82) is 0 Å². The predicted octanol–water partition coefficient (Wildman–Crippen LogP) is 2.53. The van der Waals surface area contributed by atoms with E-state index in [4.69, 9.17) is 9.47 Å². The second kappa shape index (κ2) is 4.93. The van der Waals surface area contributed by atoms with Crippen LogP contribution in [0.25, 0.3) is 0 Å². The van der Waals surface area contributed by atoms with E-state index in [1.165, 1.54) is 12.1 Å². The van der Waals surface area contributed by atoms with E-state index in [1.54, 1.807) is 0 Å². The molecule has 0 bridgehead atoms. The quantitative estimate of drug-likeness (QED) is 0.785. The van der Waals surface area contributed by atoms with Crippen LogP contribution in [0.3, 0.4) is 0 Å². The molecule has 1 aromatic rings. The second-order valence-electron chi connectivity index (χ2n) is 3.52. The normalized spacial score (nSPS) is 19.8. The minimum Gasteiger partial charge on any atom is -0.456 e. The van der Waals surface area contributed by atoms with E-state index < -0.39 is 11.8 Å². The fourth-order valence-corrected chi connectivity index (χ4v) is 1.69. The molecule has 1 aliphatic heterocycles. The smallest absolute Gasteiger partial charge is 0.338 e. The Labute approximate surface area is 101 Å². The van der Waals surface area contributed by atoms with Gasteiger partial charge in [-0.05, 0) is 34.1 Å². The Morgan fingerprint density at radius 1 is 1.56 bits per heavy atom. The number of carbonyl (C=O) groups excluding carboxylic acids is 1. The van der Waals surface area contributed by atoms with Crippen LogP contribution in [0.1, 0.15) is 16.8 Å². The molecule has 1 heterocycles. The Morgan fingerprint density at radius 3 is 3.00 bits per heavy atom. The zero-order valence-electron chi connectivity index (χ0n) is 8.41.